The van der Waals surface area contributed by atoms with Crippen LogP contribution >= 0.6 is 0 Å². The van der Waals surface area contributed by atoms with Gasteiger partial charge in [-0.05, 0) is 74.8 Å². The Balaban J connectivity index is 1.72. The SMILES string of the molecule is CC(=O)Oc1c(CC=C2CCC(C(=O)[O-])CC2)c(C2CC2)c(C)c2c1C(=O)OC2. The first-order chi connectivity index (χ1) is 13.9. The summed E-state index contributed by atoms with van der Waals surface area (Å²) < 4.78 is 10.8. The molecule has 0 radical (unpaired) electrons. The molecule has 154 valence electrons. The molecule has 0 aromatic heterocycles. The number of hydrogen-bond donors (Lipinski definition) is 0. The standard InChI is InChI=1S/C23H26O6/c1-12-18-11-28-23(27)20(18)21(29-13(2)24)17(19(12)15-8-9-15)10-5-14-3-6-16(7-4-14)22(25)26/h5,15-16H,3-4,6-11H2,1-2H3,(H,25,26)/p-1. The van der Waals surface area contributed by atoms with E-state index in [0.717, 1.165) is 42.4 Å². The predicted octanol–water partition coefficient (Wildman–Crippen LogP) is 2.88. The summed E-state index contributed by atoms with van der Waals surface area (Å²) in [6.07, 6.45) is 7.49. The molecule has 0 bridgehead atoms. The summed E-state index contributed by atoms with van der Waals surface area (Å²) in [5, 5.41) is 11.1. The first-order valence-corrected chi connectivity index (χ1v) is 10.3. The van der Waals surface area contributed by atoms with Crippen LogP contribution in [0.25, 0.3) is 0 Å². The lowest BCUT2D eigenvalue weighted by Gasteiger charge is -2.25. The summed E-state index contributed by atoms with van der Waals surface area (Å²) in [5.41, 5.74) is 5.57. The maximum atomic E-state index is 12.4. The average molecular weight is 397 g/mol. The highest BCUT2D eigenvalue weighted by atomic mass is 16.6. The van der Waals surface area contributed by atoms with Gasteiger partial charge >= 0.3 is 11.9 Å². The Morgan fingerprint density at radius 1 is 1.21 bits per heavy atom. The van der Waals surface area contributed by atoms with Gasteiger partial charge in [-0.25, -0.2) is 4.79 Å². The second kappa shape index (κ2) is 7.65. The molecule has 2 aliphatic carbocycles. The van der Waals surface area contributed by atoms with E-state index in [4.69, 9.17) is 9.47 Å². The third kappa shape index (κ3) is 3.80. The largest absolute Gasteiger partial charge is 0.550 e. The summed E-state index contributed by atoms with van der Waals surface area (Å²) in [6, 6.07) is 0. The molecular weight excluding hydrogens is 372 g/mol. The number of esters is 2. The molecule has 29 heavy (non-hydrogen) atoms. The summed E-state index contributed by atoms with van der Waals surface area (Å²) in [6.45, 7) is 3.58. The van der Waals surface area contributed by atoms with Crippen molar-refractivity contribution in [1.29, 1.82) is 0 Å². The maximum Gasteiger partial charge on any atom is 0.342 e. The lowest BCUT2D eigenvalue weighted by molar-refractivity contribution is -0.312. The van der Waals surface area contributed by atoms with Crippen molar-refractivity contribution in [3.8, 4) is 5.75 Å². The van der Waals surface area contributed by atoms with Crippen LogP contribution in [0.15, 0.2) is 11.6 Å². The molecule has 6 nitrogen and oxygen atoms in total. The second-order valence-electron chi connectivity index (χ2n) is 8.30. The Hall–Kier alpha value is -2.63. The van der Waals surface area contributed by atoms with Gasteiger partial charge in [0, 0.05) is 24.0 Å². The van der Waals surface area contributed by atoms with Gasteiger partial charge in [-0.1, -0.05) is 11.6 Å². The van der Waals surface area contributed by atoms with Crippen molar-refractivity contribution in [3.05, 3.63) is 39.5 Å². The number of benzene rings is 1. The highest BCUT2D eigenvalue weighted by Crippen LogP contribution is 2.49. The van der Waals surface area contributed by atoms with E-state index in [1.807, 2.05) is 6.92 Å². The lowest BCUT2D eigenvalue weighted by Crippen LogP contribution is -2.32. The molecule has 0 atom stereocenters. The maximum absolute atomic E-state index is 12.4. The molecule has 6 heteroatoms. The van der Waals surface area contributed by atoms with Gasteiger partial charge in [-0.3, -0.25) is 4.79 Å². The van der Waals surface area contributed by atoms with Crippen LogP contribution in [0.1, 0.15) is 84.0 Å². The van der Waals surface area contributed by atoms with E-state index in [-0.39, 0.29) is 12.5 Å². The summed E-state index contributed by atoms with van der Waals surface area (Å²) >= 11 is 0. The number of hydrogen-bond acceptors (Lipinski definition) is 6. The van der Waals surface area contributed by atoms with E-state index in [1.165, 1.54) is 18.1 Å². The number of carboxylic acid groups (broad SMARTS) is 1. The van der Waals surface area contributed by atoms with Crippen molar-refractivity contribution < 1.29 is 29.0 Å². The highest BCUT2D eigenvalue weighted by molar-refractivity contribution is 5.98. The van der Waals surface area contributed by atoms with Crippen molar-refractivity contribution in [3.63, 3.8) is 0 Å². The van der Waals surface area contributed by atoms with Crippen LogP contribution in [-0.2, 0) is 27.4 Å². The molecule has 1 heterocycles. The minimum absolute atomic E-state index is 0.222. The summed E-state index contributed by atoms with van der Waals surface area (Å²) in [4.78, 5) is 35.3. The van der Waals surface area contributed by atoms with E-state index in [0.29, 0.717) is 36.5 Å². The van der Waals surface area contributed by atoms with E-state index >= 15 is 0 Å². The fourth-order valence-electron chi connectivity index (χ4n) is 4.65. The normalized spacial score (nSPS) is 20.8. The number of cyclic esters (lactones) is 1. The van der Waals surface area contributed by atoms with Crippen LogP contribution < -0.4 is 9.84 Å². The zero-order valence-electron chi connectivity index (χ0n) is 16.8. The van der Waals surface area contributed by atoms with Crippen molar-refractivity contribution >= 4 is 17.9 Å². The molecule has 1 aromatic carbocycles. The van der Waals surface area contributed by atoms with Gasteiger partial charge in [0.15, 0.2) is 0 Å². The van der Waals surface area contributed by atoms with Gasteiger partial charge in [0.1, 0.15) is 17.9 Å². The molecule has 0 N–H and O–H groups in total. The molecular formula is C23H25O6-. The number of carbonyl (C=O) groups is 3. The van der Waals surface area contributed by atoms with Crippen molar-refractivity contribution in [2.24, 2.45) is 5.92 Å². The van der Waals surface area contributed by atoms with Crippen molar-refractivity contribution in [1.82, 2.24) is 0 Å². The van der Waals surface area contributed by atoms with Crippen LogP contribution in [0, 0.1) is 12.8 Å². The second-order valence-corrected chi connectivity index (χ2v) is 8.30. The van der Waals surface area contributed by atoms with Gasteiger partial charge < -0.3 is 19.4 Å². The van der Waals surface area contributed by atoms with Gasteiger partial charge in [-0.15, -0.1) is 0 Å². The van der Waals surface area contributed by atoms with E-state index in [1.54, 1.807) is 0 Å². The summed E-state index contributed by atoms with van der Waals surface area (Å²) in [5.74, 6) is -1.46. The van der Waals surface area contributed by atoms with Gasteiger partial charge in [0.2, 0.25) is 0 Å². The third-order valence-electron chi connectivity index (χ3n) is 6.32. The van der Waals surface area contributed by atoms with E-state index in [9.17, 15) is 19.5 Å². The molecule has 2 fully saturated rings. The molecule has 2 saturated carbocycles. The molecule has 3 aliphatic rings. The summed E-state index contributed by atoms with van der Waals surface area (Å²) in [7, 11) is 0. The zero-order chi connectivity index (χ0) is 20.7. The van der Waals surface area contributed by atoms with Crippen LogP contribution in [0.4, 0.5) is 0 Å². The van der Waals surface area contributed by atoms with E-state index in [2.05, 4.69) is 6.08 Å². The van der Waals surface area contributed by atoms with Crippen LogP contribution in [-0.4, -0.2) is 17.9 Å². The topological polar surface area (TPSA) is 92.7 Å². The number of fused-ring (bicyclic) bond motifs is 1. The quantitative estimate of drug-likeness (QED) is 0.431. The third-order valence-corrected chi connectivity index (χ3v) is 6.32. The van der Waals surface area contributed by atoms with Crippen molar-refractivity contribution in [2.45, 2.75) is 71.3 Å². The molecule has 0 amide bonds. The highest BCUT2D eigenvalue weighted by Gasteiger charge is 2.37. The first kappa shape index (κ1) is 19.7. The minimum Gasteiger partial charge on any atom is -0.550 e. The monoisotopic (exact) mass is 397 g/mol. The Morgan fingerprint density at radius 3 is 2.48 bits per heavy atom. The molecule has 1 aromatic rings. The number of aliphatic carboxylic acids is 1. The Labute approximate surface area is 169 Å². The molecule has 1 aliphatic heterocycles. The van der Waals surface area contributed by atoms with Crippen LogP contribution in [0.2, 0.25) is 0 Å². The van der Waals surface area contributed by atoms with Crippen molar-refractivity contribution in [2.75, 3.05) is 0 Å². The number of rotatable bonds is 5. The minimum atomic E-state index is -0.968. The Kier molecular flexibility index (Phi) is 5.19. The Bertz CT molecular complexity index is 912. The first-order valence-electron chi connectivity index (χ1n) is 10.3. The van der Waals surface area contributed by atoms with E-state index < -0.39 is 17.9 Å². The molecule has 4 rings (SSSR count). The molecule has 0 saturated heterocycles. The number of carbonyl (C=O) groups excluding carboxylic acids is 3. The van der Waals surface area contributed by atoms with Gasteiger partial charge in [0.25, 0.3) is 0 Å². The zero-order valence-corrected chi connectivity index (χ0v) is 16.8. The van der Waals surface area contributed by atoms with Gasteiger partial charge in [-0.2, -0.15) is 0 Å². The number of ether oxygens (including phenoxy) is 2. The van der Waals surface area contributed by atoms with Gasteiger partial charge in [0.05, 0.1) is 0 Å². The predicted molar refractivity (Wildman–Crippen MR) is 102 cm³/mol. The number of allylic oxidation sites excluding steroid dienone is 2. The fraction of sp³-hybridized carbons (Fsp3) is 0.522. The van der Waals surface area contributed by atoms with Crippen LogP contribution in [0.5, 0.6) is 5.75 Å². The molecule has 0 unspecified atom stereocenters. The smallest absolute Gasteiger partial charge is 0.342 e. The van der Waals surface area contributed by atoms with Crippen LogP contribution in [0.3, 0.4) is 0 Å². The lowest BCUT2D eigenvalue weighted by atomic mass is 9.84. The Morgan fingerprint density at radius 2 is 1.90 bits per heavy atom. The number of carboxylic acids is 1. The average Bonchev–Trinajstić information content (AvgIpc) is 3.44. The molecule has 0 spiro atoms. The fourth-order valence-corrected chi connectivity index (χ4v) is 4.65.